The molecule has 0 heterocycles. The number of likely N-dealkylation sites (N-methyl/N-ethyl adjacent to an activating group) is 1. The lowest BCUT2D eigenvalue weighted by atomic mass is 10.0. The summed E-state index contributed by atoms with van der Waals surface area (Å²) >= 11 is 0. The fourth-order valence-corrected chi connectivity index (χ4v) is 8.53. The minimum absolute atomic E-state index is 0.00674. The molecule has 0 aromatic heterocycles. The van der Waals surface area contributed by atoms with Crippen LogP contribution >= 0.6 is 7.82 Å². The van der Waals surface area contributed by atoms with E-state index in [9.17, 15) is 19.4 Å². The second kappa shape index (κ2) is 45.9. The lowest BCUT2D eigenvalue weighted by Gasteiger charge is -2.29. The Morgan fingerprint density at radius 2 is 0.889 bits per heavy atom. The Hall–Kier alpha value is -1.28. The van der Waals surface area contributed by atoms with Crippen molar-refractivity contribution in [1.29, 1.82) is 0 Å². The van der Waals surface area contributed by atoms with E-state index in [0.29, 0.717) is 17.4 Å². The molecule has 3 atom stereocenters. The standard InChI is InChI=1S/C54H105N2O6P/c1-6-8-10-12-14-16-18-20-22-24-26-27-28-30-31-33-35-37-39-41-43-45-47-53(57)52(51-62-63(59,60)61-50-49-56(3,4)5)55-54(58)48-46-44-42-40-38-36-34-32-29-25-23-21-19-17-15-13-11-9-7-2/h25,29,37,39,45,47,52-53,57H,6-24,26-28,30-36,38,40-44,46,48-51H2,1-5H3,(H-,55,58,59,60)/b29-25-,39-37+,47-45+. The van der Waals surface area contributed by atoms with E-state index in [1.165, 1.54) is 193 Å². The Kier molecular flexibility index (Phi) is 44.9. The van der Waals surface area contributed by atoms with Gasteiger partial charge in [-0.2, -0.15) is 0 Å². The van der Waals surface area contributed by atoms with Gasteiger partial charge in [-0.1, -0.05) is 224 Å². The normalized spacial score (nSPS) is 14.3. The molecule has 0 aliphatic heterocycles. The van der Waals surface area contributed by atoms with Gasteiger partial charge in [-0.05, 0) is 57.8 Å². The van der Waals surface area contributed by atoms with Gasteiger partial charge in [0.2, 0.25) is 5.91 Å². The van der Waals surface area contributed by atoms with Crippen LogP contribution in [-0.2, 0) is 18.4 Å². The first-order valence-electron chi connectivity index (χ1n) is 26.9. The summed E-state index contributed by atoms with van der Waals surface area (Å²) < 4.78 is 23.3. The van der Waals surface area contributed by atoms with Gasteiger partial charge in [0.05, 0.1) is 39.9 Å². The SMILES string of the molecule is CCCCCCCCCC/C=C\CCCCCCCCCC(=O)NC(COP(=O)([O-])OCC[N+](C)(C)C)C(O)/C=C/CC/C=C/CCCCCCCCCCCCCCCCCC. The highest BCUT2D eigenvalue weighted by Gasteiger charge is 2.23. The molecule has 0 fully saturated rings. The predicted octanol–water partition coefficient (Wildman–Crippen LogP) is 15.2. The van der Waals surface area contributed by atoms with Gasteiger partial charge < -0.3 is 28.8 Å². The molecule has 0 saturated carbocycles. The van der Waals surface area contributed by atoms with Crippen molar-refractivity contribution in [3.8, 4) is 0 Å². The van der Waals surface area contributed by atoms with Gasteiger partial charge in [-0.15, -0.1) is 0 Å². The number of allylic oxidation sites excluding steroid dienone is 5. The first-order chi connectivity index (χ1) is 30.5. The molecule has 0 aliphatic rings. The molecule has 0 aromatic carbocycles. The molecule has 8 nitrogen and oxygen atoms in total. The quantitative estimate of drug-likeness (QED) is 0.0272. The summed E-state index contributed by atoms with van der Waals surface area (Å²) in [5.41, 5.74) is 0. The Morgan fingerprint density at radius 1 is 0.540 bits per heavy atom. The smallest absolute Gasteiger partial charge is 0.268 e. The highest BCUT2D eigenvalue weighted by Crippen LogP contribution is 2.38. The second-order valence-electron chi connectivity index (χ2n) is 19.6. The van der Waals surface area contributed by atoms with Crippen molar-refractivity contribution in [3.63, 3.8) is 0 Å². The zero-order valence-corrected chi connectivity index (χ0v) is 43.2. The molecule has 0 aromatic rings. The molecule has 1 amide bonds. The summed E-state index contributed by atoms with van der Waals surface area (Å²) in [5, 5.41) is 13.8. The third kappa shape index (κ3) is 48.5. The van der Waals surface area contributed by atoms with Crippen molar-refractivity contribution < 1.29 is 32.9 Å². The van der Waals surface area contributed by atoms with Crippen LogP contribution in [0.3, 0.4) is 0 Å². The number of nitrogens with zero attached hydrogens (tertiary/aromatic N) is 1. The van der Waals surface area contributed by atoms with Crippen LogP contribution in [0.15, 0.2) is 36.5 Å². The lowest BCUT2D eigenvalue weighted by molar-refractivity contribution is -0.870. The molecule has 0 radical (unpaired) electrons. The second-order valence-corrected chi connectivity index (χ2v) is 21.0. The summed E-state index contributed by atoms with van der Waals surface area (Å²) in [6.45, 7) is 4.65. The maximum absolute atomic E-state index is 12.9. The maximum atomic E-state index is 12.9. The zero-order valence-electron chi connectivity index (χ0n) is 42.3. The number of unbranched alkanes of at least 4 members (excludes halogenated alkanes) is 32. The number of rotatable bonds is 49. The first-order valence-corrected chi connectivity index (χ1v) is 28.3. The van der Waals surface area contributed by atoms with Crippen LogP contribution in [0.4, 0.5) is 0 Å². The highest BCUT2D eigenvalue weighted by atomic mass is 31.2. The fourth-order valence-electron chi connectivity index (χ4n) is 7.81. The number of phosphoric ester groups is 1. The van der Waals surface area contributed by atoms with Crippen LogP contribution in [0.2, 0.25) is 0 Å². The molecule has 9 heteroatoms. The number of carbonyl (C=O) groups excluding carboxylic acids is 1. The van der Waals surface area contributed by atoms with Crippen LogP contribution < -0.4 is 10.2 Å². The van der Waals surface area contributed by atoms with Crippen LogP contribution in [0, 0.1) is 0 Å². The first kappa shape index (κ1) is 61.7. The minimum atomic E-state index is -4.60. The van der Waals surface area contributed by atoms with Gasteiger partial charge in [-0.25, -0.2) is 0 Å². The number of aliphatic hydroxyl groups excluding tert-OH is 1. The van der Waals surface area contributed by atoms with Gasteiger partial charge in [0.15, 0.2) is 0 Å². The van der Waals surface area contributed by atoms with E-state index in [1.807, 2.05) is 27.2 Å². The molecule has 3 unspecified atom stereocenters. The molecule has 0 saturated heterocycles. The van der Waals surface area contributed by atoms with Crippen molar-refractivity contribution >= 4 is 13.7 Å². The van der Waals surface area contributed by atoms with E-state index in [4.69, 9.17) is 9.05 Å². The average molecular weight is 909 g/mol. The minimum Gasteiger partial charge on any atom is -0.756 e. The highest BCUT2D eigenvalue weighted by molar-refractivity contribution is 7.45. The number of carbonyl (C=O) groups is 1. The van der Waals surface area contributed by atoms with Gasteiger partial charge in [0.25, 0.3) is 7.82 Å². The van der Waals surface area contributed by atoms with Crippen molar-refractivity contribution in [2.24, 2.45) is 0 Å². The molecule has 2 N–H and O–H groups in total. The third-order valence-corrected chi connectivity index (χ3v) is 13.0. The Balaban J connectivity index is 4.33. The van der Waals surface area contributed by atoms with Crippen LogP contribution in [-0.4, -0.2) is 68.5 Å². The Morgan fingerprint density at radius 3 is 1.29 bits per heavy atom. The monoisotopic (exact) mass is 909 g/mol. The molecule has 372 valence electrons. The van der Waals surface area contributed by atoms with E-state index in [0.717, 1.165) is 38.5 Å². The molecule has 0 aliphatic carbocycles. The van der Waals surface area contributed by atoms with Gasteiger partial charge in [0.1, 0.15) is 13.2 Å². The summed E-state index contributed by atoms with van der Waals surface area (Å²) in [5.74, 6) is -0.210. The van der Waals surface area contributed by atoms with E-state index in [1.54, 1.807) is 6.08 Å². The third-order valence-electron chi connectivity index (χ3n) is 12.1. The molecule has 0 bridgehead atoms. The fraction of sp³-hybridized carbons (Fsp3) is 0.870. The summed E-state index contributed by atoms with van der Waals surface area (Å²) in [7, 11) is 1.25. The maximum Gasteiger partial charge on any atom is 0.268 e. The number of hydrogen-bond acceptors (Lipinski definition) is 6. The zero-order chi connectivity index (χ0) is 46.4. The van der Waals surface area contributed by atoms with Gasteiger partial charge in [-0.3, -0.25) is 9.36 Å². The van der Waals surface area contributed by atoms with Crippen molar-refractivity contribution in [2.75, 3.05) is 40.9 Å². The molecule has 0 spiro atoms. The number of quaternary nitrogens is 1. The average Bonchev–Trinajstić information content (AvgIpc) is 3.24. The summed E-state index contributed by atoms with van der Waals surface area (Å²) in [6.07, 6.45) is 57.8. The number of nitrogens with one attached hydrogen (secondary N) is 1. The molecular formula is C54H105N2O6P. The number of aliphatic hydroxyl groups is 1. The van der Waals surface area contributed by atoms with Crippen LogP contribution in [0.5, 0.6) is 0 Å². The van der Waals surface area contributed by atoms with Crippen molar-refractivity contribution in [3.05, 3.63) is 36.5 Å². The topological polar surface area (TPSA) is 108 Å². The number of phosphoric acid groups is 1. The molecule has 0 rings (SSSR count). The van der Waals surface area contributed by atoms with E-state index < -0.39 is 26.6 Å². The number of amides is 1. The van der Waals surface area contributed by atoms with E-state index in [2.05, 4.69) is 43.5 Å². The predicted molar refractivity (Wildman–Crippen MR) is 270 cm³/mol. The largest absolute Gasteiger partial charge is 0.756 e. The molecular weight excluding hydrogens is 804 g/mol. The summed E-state index contributed by atoms with van der Waals surface area (Å²) in [6, 6.07) is -0.905. The van der Waals surface area contributed by atoms with Gasteiger partial charge in [0, 0.05) is 6.42 Å². The van der Waals surface area contributed by atoms with Crippen LogP contribution in [0.25, 0.3) is 0 Å². The van der Waals surface area contributed by atoms with E-state index >= 15 is 0 Å². The van der Waals surface area contributed by atoms with Gasteiger partial charge >= 0.3 is 0 Å². The molecule has 63 heavy (non-hydrogen) atoms. The van der Waals surface area contributed by atoms with Crippen LogP contribution in [0.1, 0.15) is 251 Å². The summed E-state index contributed by atoms with van der Waals surface area (Å²) in [4.78, 5) is 25.4. The Labute approximate surface area is 391 Å². The van der Waals surface area contributed by atoms with E-state index in [-0.39, 0.29) is 12.5 Å². The van der Waals surface area contributed by atoms with Crippen molar-refractivity contribution in [1.82, 2.24) is 5.32 Å². The van der Waals surface area contributed by atoms with Crippen molar-refractivity contribution in [2.45, 2.75) is 264 Å². The Bertz CT molecular complexity index is 1120. The lowest BCUT2D eigenvalue weighted by Crippen LogP contribution is -2.45. The number of hydrogen-bond donors (Lipinski definition) is 2.